The van der Waals surface area contributed by atoms with Crippen molar-refractivity contribution in [3.63, 3.8) is 0 Å². The van der Waals surface area contributed by atoms with Crippen LogP contribution >= 0.6 is 22.6 Å². The second-order valence-electron chi connectivity index (χ2n) is 3.22. The predicted octanol–water partition coefficient (Wildman–Crippen LogP) is 0.0730. The van der Waals surface area contributed by atoms with Crippen LogP contribution in [-0.4, -0.2) is 38.6 Å². The van der Waals surface area contributed by atoms with Crippen LogP contribution in [0.25, 0.3) is 0 Å². The van der Waals surface area contributed by atoms with Gasteiger partial charge < -0.3 is 14.9 Å². The van der Waals surface area contributed by atoms with Crippen molar-refractivity contribution in [1.82, 2.24) is 0 Å². The third-order valence-corrected chi connectivity index (χ3v) is 4.04. The lowest BCUT2D eigenvalue weighted by Gasteiger charge is -2.34. The fraction of sp³-hybridized carbons (Fsp3) is 1.00. The van der Waals surface area contributed by atoms with Gasteiger partial charge in [0.05, 0.1) is 22.2 Å². The van der Waals surface area contributed by atoms with Crippen LogP contribution in [0.2, 0.25) is 0 Å². The number of rotatable bonds is 0. The van der Waals surface area contributed by atoms with E-state index in [4.69, 9.17) is 4.74 Å². The Morgan fingerprint density at radius 2 is 1.73 bits per heavy atom. The van der Waals surface area contributed by atoms with Crippen LogP contribution in [0.5, 0.6) is 0 Å². The standard InChI is InChI=1S/C7H11IO3/c8-5-3-1-2-4(11-3)6(9)7(5)10/h3-7,9-10H,1-2H2/t3?,4-,5-,6-,7?/m1/s1. The van der Waals surface area contributed by atoms with Crippen LogP contribution < -0.4 is 0 Å². The minimum Gasteiger partial charge on any atom is -0.389 e. The first kappa shape index (κ1) is 8.22. The first-order valence-electron chi connectivity index (χ1n) is 3.86. The van der Waals surface area contributed by atoms with Gasteiger partial charge >= 0.3 is 0 Å². The van der Waals surface area contributed by atoms with Crippen molar-refractivity contribution in [2.75, 3.05) is 0 Å². The molecule has 2 saturated heterocycles. The monoisotopic (exact) mass is 270 g/mol. The Morgan fingerprint density at radius 1 is 1.09 bits per heavy atom. The maximum absolute atomic E-state index is 9.49. The van der Waals surface area contributed by atoms with Gasteiger partial charge in [0.25, 0.3) is 0 Å². The molecule has 0 spiro atoms. The molecule has 4 heteroatoms. The Hall–Kier alpha value is 0.610. The van der Waals surface area contributed by atoms with Crippen molar-refractivity contribution in [3.05, 3.63) is 0 Å². The number of ether oxygens (including phenoxy) is 1. The van der Waals surface area contributed by atoms with Crippen LogP contribution in [0.3, 0.4) is 0 Å². The Morgan fingerprint density at radius 3 is 2.45 bits per heavy atom. The lowest BCUT2D eigenvalue weighted by atomic mass is 10.0. The summed E-state index contributed by atoms with van der Waals surface area (Å²) in [5.41, 5.74) is 0. The highest BCUT2D eigenvalue weighted by Gasteiger charge is 2.46. The zero-order chi connectivity index (χ0) is 8.01. The SMILES string of the molecule is OC1[C@H](I)C2CC[C@@H](O2)[C@H]1O. The Balaban J connectivity index is 2.16. The summed E-state index contributed by atoms with van der Waals surface area (Å²) in [4.78, 5) is 0. The molecule has 2 heterocycles. The van der Waals surface area contributed by atoms with E-state index in [1.165, 1.54) is 0 Å². The molecule has 3 nitrogen and oxygen atoms in total. The first-order valence-corrected chi connectivity index (χ1v) is 5.10. The number of aliphatic hydroxyl groups is 2. The van der Waals surface area contributed by atoms with E-state index in [9.17, 15) is 10.2 Å². The van der Waals surface area contributed by atoms with Crippen molar-refractivity contribution >= 4 is 22.6 Å². The molecule has 2 aliphatic rings. The second-order valence-corrected chi connectivity index (χ2v) is 4.65. The quantitative estimate of drug-likeness (QED) is 0.484. The maximum atomic E-state index is 9.49. The largest absolute Gasteiger partial charge is 0.389 e. The Bertz CT molecular complexity index is 144. The van der Waals surface area contributed by atoms with Crippen LogP contribution in [0.1, 0.15) is 12.8 Å². The molecule has 2 unspecified atom stereocenters. The van der Waals surface area contributed by atoms with Crippen LogP contribution in [0.4, 0.5) is 0 Å². The minimum absolute atomic E-state index is 0.0568. The molecule has 0 aromatic carbocycles. The fourth-order valence-electron chi connectivity index (χ4n) is 1.80. The predicted molar refractivity (Wildman–Crippen MR) is 47.7 cm³/mol. The van der Waals surface area contributed by atoms with Gasteiger partial charge in [-0.05, 0) is 12.8 Å². The van der Waals surface area contributed by atoms with E-state index in [0.29, 0.717) is 0 Å². The molecular weight excluding hydrogens is 259 g/mol. The van der Waals surface area contributed by atoms with Crippen molar-refractivity contribution in [1.29, 1.82) is 0 Å². The summed E-state index contributed by atoms with van der Waals surface area (Å²) in [5.74, 6) is 0. The summed E-state index contributed by atoms with van der Waals surface area (Å²) in [5, 5.41) is 18.9. The molecule has 2 N–H and O–H groups in total. The minimum atomic E-state index is -0.671. The highest BCUT2D eigenvalue weighted by molar-refractivity contribution is 14.1. The lowest BCUT2D eigenvalue weighted by molar-refractivity contribution is -0.128. The molecule has 0 saturated carbocycles. The van der Waals surface area contributed by atoms with Crippen LogP contribution in [0, 0.1) is 0 Å². The molecule has 2 fully saturated rings. The van der Waals surface area contributed by atoms with E-state index in [0.717, 1.165) is 12.8 Å². The van der Waals surface area contributed by atoms with Crippen molar-refractivity contribution < 1.29 is 14.9 Å². The van der Waals surface area contributed by atoms with Gasteiger partial charge in [0, 0.05) is 0 Å². The van der Waals surface area contributed by atoms with Gasteiger partial charge in [0.2, 0.25) is 0 Å². The molecule has 5 atom stereocenters. The van der Waals surface area contributed by atoms with E-state index in [-0.39, 0.29) is 16.1 Å². The van der Waals surface area contributed by atoms with E-state index in [1.807, 2.05) is 0 Å². The van der Waals surface area contributed by atoms with E-state index < -0.39 is 12.2 Å². The van der Waals surface area contributed by atoms with E-state index >= 15 is 0 Å². The zero-order valence-electron chi connectivity index (χ0n) is 5.98. The van der Waals surface area contributed by atoms with Crippen molar-refractivity contribution in [2.45, 2.75) is 41.2 Å². The van der Waals surface area contributed by atoms with Crippen molar-refractivity contribution in [2.24, 2.45) is 0 Å². The summed E-state index contributed by atoms with van der Waals surface area (Å²) >= 11 is 2.15. The normalized spacial score (nSPS) is 56.5. The third-order valence-electron chi connectivity index (χ3n) is 2.50. The summed E-state index contributed by atoms with van der Waals surface area (Å²) in [6, 6.07) is 0. The van der Waals surface area contributed by atoms with Gasteiger partial charge in [-0.2, -0.15) is 0 Å². The first-order chi connectivity index (χ1) is 5.20. The summed E-state index contributed by atoms with van der Waals surface area (Å²) in [7, 11) is 0. The second kappa shape index (κ2) is 2.83. The number of alkyl halides is 1. The molecule has 64 valence electrons. The summed E-state index contributed by atoms with van der Waals surface area (Å²) < 4.78 is 5.53. The van der Waals surface area contributed by atoms with Gasteiger partial charge in [-0.3, -0.25) is 0 Å². The number of aliphatic hydroxyl groups excluding tert-OH is 2. The molecule has 2 rings (SSSR count). The topological polar surface area (TPSA) is 49.7 Å². The molecule has 2 bridgehead atoms. The Labute approximate surface area is 78.9 Å². The summed E-state index contributed by atoms with van der Waals surface area (Å²) in [6.07, 6.45) is 0.659. The van der Waals surface area contributed by atoms with E-state index in [1.54, 1.807) is 0 Å². The average Bonchev–Trinajstić information content (AvgIpc) is 2.44. The smallest absolute Gasteiger partial charge is 0.107 e. The van der Waals surface area contributed by atoms with Crippen molar-refractivity contribution in [3.8, 4) is 0 Å². The number of hydrogen-bond donors (Lipinski definition) is 2. The van der Waals surface area contributed by atoms with Crippen LogP contribution in [-0.2, 0) is 4.74 Å². The number of hydrogen-bond acceptors (Lipinski definition) is 3. The molecule has 0 amide bonds. The third kappa shape index (κ3) is 1.20. The highest BCUT2D eigenvalue weighted by atomic mass is 127. The van der Waals surface area contributed by atoms with Gasteiger partial charge in [-0.25, -0.2) is 0 Å². The van der Waals surface area contributed by atoms with Gasteiger partial charge in [0.15, 0.2) is 0 Å². The zero-order valence-corrected chi connectivity index (χ0v) is 8.14. The lowest BCUT2D eigenvalue weighted by Crippen LogP contribution is -2.50. The maximum Gasteiger partial charge on any atom is 0.107 e. The molecule has 11 heavy (non-hydrogen) atoms. The highest BCUT2D eigenvalue weighted by Crippen LogP contribution is 2.36. The average molecular weight is 270 g/mol. The molecule has 0 radical (unpaired) electrons. The van der Waals surface area contributed by atoms with Crippen LogP contribution in [0.15, 0.2) is 0 Å². The van der Waals surface area contributed by atoms with Gasteiger partial charge in [-0.15, -0.1) is 0 Å². The molecule has 0 aromatic heterocycles. The molecule has 2 aliphatic heterocycles. The van der Waals surface area contributed by atoms with Gasteiger partial charge in [0.1, 0.15) is 6.10 Å². The van der Waals surface area contributed by atoms with Gasteiger partial charge in [-0.1, -0.05) is 22.6 Å². The number of halogens is 1. The molecule has 0 aromatic rings. The molecule has 0 aliphatic carbocycles. The number of fused-ring (bicyclic) bond motifs is 2. The molecular formula is C7H11IO3. The Kier molecular flexibility index (Phi) is 2.11. The van der Waals surface area contributed by atoms with E-state index in [2.05, 4.69) is 22.6 Å². The summed E-state index contributed by atoms with van der Waals surface area (Å²) in [6.45, 7) is 0. The fourth-order valence-corrected chi connectivity index (χ4v) is 2.76.